The molecule has 0 saturated heterocycles. The first kappa shape index (κ1) is 6.27. The summed E-state index contributed by atoms with van der Waals surface area (Å²) in [5, 5.41) is 0. The van der Waals surface area contributed by atoms with Crippen molar-refractivity contribution in [3.05, 3.63) is 24.8 Å². The Kier molecular flexibility index (Phi) is 1.83. The van der Waals surface area contributed by atoms with Gasteiger partial charge in [0.05, 0.1) is 0 Å². The van der Waals surface area contributed by atoms with E-state index in [1.807, 2.05) is 12.2 Å². The van der Waals surface area contributed by atoms with E-state index in [0.29, 0.717) is 11.8 Å². The van der Waals surface area contributed by atoms with Gasteiger partial charge in [-0.15, -0.1) is 6.58 Å². The highest BCUT2D eigenvalue weighted by Gasteiger charge is 2.31. The Morgan fingerprint density at radius 3 is 2.67 bits per heavy atom. The first-order valence-electron chi connectivity index (χ1n) is 3.13. The van der Waals surface area contributed by atoms with Crippen molar-refractivity contribution in [1.82, 2.24) is 0 Å². The van der Waals surface area contributed by atoms with E-state index in [0.717, 1.165) is 6.29 Å². The fraction of sp³-hybridized carbons (Fsp3) is 0.375. The number of carbonyl (C=O) groups excluding carboxylic acids is 1. The molecule has 2 atom stereocenters. The standard InChI is InChI=1S/C8H10O/c1-2-7-6-8(7)4-3-5-9/h2-5,7-8H,1,6H2/b4-3+/t7-,8-/m0/s1. The second kappa shape index (κ2) is 2.62. The summed E-state index contributed by atoms with van der Waals surface area (Å²) in [6.07, 6.45) is 7.44. The highest BCUT2D eigenvalue weighted by molar-refractivity contribution is 5.64. The molecule has 0 spiro atoms. The molecule has 1 aliphatic carbocycles. The molecular weight excluding hydrogens is 112 g/mol. The smallest absolute Gasteiger partial charge is 0.142 e. The van der Waals surface area contributed by atoms with Crippen molar-refractivity contribution in [3.8, 4) is 0 Å². The number of allylic oxidation sites excluding steroid dienone is 3. The molecule has 0 N–H and O–H groups in total. The third-order valence-corrected chi connectivity index (χ3v) is 1.63. The van der Waals surface area contributed by atoms with Gasteiger partial charge in [0.2, 0.25) is 0 Å². The molecule has 9 heavy (non-hydrogen) atoms. The van der Waals surface area contributed by atoms with Gasteiger partial charge < -0.3 is 0 Å². The van der Waals surface area contributed by atoms with Crippen molar-refractivity contribution in [3.63, 3.8) is 0 Å². The van der Waals surface area contributed by atoms with Crippen LogP contribution in [0.15, 0.2) is 24.8 Å². The number of rotatable bonds is 3. The molecule has 1 nitrogen and oxygen atoms in total. The molecule has 0 bridgehead atoms. The molecule has 0 amide bonds. The highest BCUT2D eigenvalue weighted by Crippen LogP contribution is 2.39. The molecule has 0 aromatic heterocycles. The van der Waals surface area contributed by atoms with Crippen LogP contribution >= 0.6 is 0 Å². The zero-order valence-electron chi connectivity index (χ0n) is 5.29. The summed E-state index contributed by atoms with van der Waals surface area (Å²) in [6.45, 7) is 3.66. The van der Waals surface area contributed by atoms with Crippen LogP contribution < -0.4 is 0 Å². The first-order valence-corrected chi connectivity index (χ1v) is 3.13. The van der Waals surface area contributed by atoms with Crippen molar-refractivity contribution in [2.24, 2.45) is 11.8 Å². The monoisotopic (exact) mass is 122 g/mol. The van der Waals surface area contributed by atoms with Gasteiger partial charge >= 0.3 is 0 Å². The SMILES string of the molecule is C=C[C@H]1C[C@@H]1/C=C/C=O. The van der Waals surface area contributed by atoms with Gasteiger partial charge in [0, 0.05) is 0 Å². The Morgan fingerprint density at radius 2 is 2.22 bits per heavy atom. The quantitative estimate of drug-likeness (QED) is 0.315. The van der Waals surface area contributed by atoms with Gasteiger partial charge in [0.1, 0.15) is 6.29 Å². The Bertz CT molecular complexity index is 147. The number of hydrogen-bond donors (Lipinski definition) is 0. The van der Waals surface area contributed by atoms with Crippen LogP contribution in [0.3, 0.4) is 0 Å². The van der Waals surface area contributed by atoms with E-state index in [1.54, 1.807) is 6.08 Å². The lowest BCUT2D eigenvalue weighted by Gasteiger charge is -1.78. The van der Waals surface area contributed by atoms with Gasteiger partial charge in [-0.05, 0) is 24.3 Å². The zero-order chi connectivity index (χ0) is 6.69. The Morgan fingerprint density at radius 1 is 1.44 bits per heavy atom. The summed E-state index contributed by atoms with van der Waals surface area (Å²) in [5.74, 6) is 1.24. The van der Waals surface area contributed by atoms with Gasteiger partial charge in [0.15, 0.2) is 0 Å². The van der Waals surface area contributed by atoms with E-state index in [9.17, 15) is 4.79 Å². The predicted octanol–water partition coefficient (Wildman–Crippen LogP) is 1.56. The van der Waals surface area contributed by atoms with Crippen LogP contribution in [0.25, 0.3) is 0 Å². The molecule has 1 rings (SSSR count). The highest BCUT2D eigenvalue weighted by atomic mass is 16.1. The van der Waals surface area contributed by atoms with E-state index in [1.165, 1.54) is 6.42 Å². The maximum atomic E-state index is 9.82. The van der Waals surface area contributed by atoms with Gasteiger partial charge in [0.25, 0.3) is 0 Å². The third-order valence-electron chi connectivity index (χ3n) is 1.63. The summed E-state index contributed by atoms with van der Waals surface area (Å²) >= 11 is 0. The molecular formula is C8H10O. The summed E-state index contributed by atoms with van der Waals surface area (Å²) in [4.78, 5) is 9.82. The van der Waals surface area contributed by atoms with Crippen LogP contribution in [0.5, 0.6) is 0 Å². The largest absolute Gasteiger partial charge is 0.299 e. The van der Waals surface area contributed by atoms with Crippen LogP contribution in [0, 0.1) is 11.8 Å². The average molecular weight is 122 g/mol. The minimum absolute atomic E-state index is 0.604. The van der Waals surface area contributed by atoms with E-state index in [4.69, 9.17) is 0 Å². The van der Waals surface area contributed by atoms with Crippen molar-refractivity contribution < 1.29 is 4.79 Å². The van der Waals surface area contributed by atoms with Gasteiger partial charge in [-0.25, -0.2) is 0 Å². The molecule has 0 aliphatic heterocycles. The summed E-state index contributed by atoms with van der Waals surface area (Å²) in [7, 11) is 0. The molecule has 1 aliphatic rings. The van der Waals surface area contributed by atoms with E-state index >= 15 is 0 Å². The normalized spacial score (nSPS) is 32.4. The molecule has 0 aromatic carbocycles. The minimum atomic E-state index is 0.604. The molecule has 48 valence electrons. The second-order valence-corrected chi connectivity index (χ2v) is 2.32. The van der Waals surface area contributed by atoms with Gasteiger partial charge in [-0.1, -0.05) is 12.2 Å². The van der Waals surface area contributed by atoms with Crippen molar-refractivity contribution >= 4 is 6.29 Å². The van der Waals surface area contributed by atoms with Crippen molar-refractivity contribution in [1.29, 1.82) is 0 Å². The molecule has 1 heteroatoms. The Hall–Kier alpha value is -0.850. The van der Waals surface area contributed by atoms with E-state index in [-0.39, 0.29) is 0 Å². The third kappa shape index (κ3) is 1.53. The molecule has 0 radical (unpaired) electrons. The van der Waals surface area contributed by atoms with Crippen LogP contribution in [0.4, 0.5) is 0 Å². The van der Waals surface area contributed by atoms with E-state index < -0.39 is 0 Å². The van der Waals surface area contributed by atoms with Crippen LogP contribution in [0.1, 0.15) is 6.42 Å². The van der Waals surface area contributed by atoms with Crippen LogP contribution in [-0.2, 0) is 4.79 Å². The first-order chi connectivity index (χ1) is 4.38. The molecule has 1 fully saturated rings. The molecule has 0 heterocycles. The fourth-order valence-electron chi connectivity index (χ4n) is 0.916. The maximum Gasteiger partial charge on any atom is 0.142 e. The second-order valence-electron chi connectivity index (χ2n) is 2.32. The molecule has 0 aromatic rings. The summed E-state index contributed by atoms with van der Waals surface area (Å²) in [5.41, 5.74) is 0. The van der Waals surface area contributed by atoms with Crippen LogP contribution in [0.2, 0.25) is 0 Å². The summed E-state index contributed by atoms with van der Waals surface area (Å²) < 4.78 is 0. The van der Waals surface area contributed by atoms with Crippen molar-refractivity contribution in [2.75, 3.05) is 0 Å². The Labute approximate surface area is 55.1 Å². The lowest BCUT2D eigenvalue weighted by atomic mass is 10.3. The lowest BCUT2D eigenvalue weighted by molar-refractivity contribution is -0.104. The topological polar surface area (TPSA) is 17.1 Å². The van der Waals surface area contributed by atoms with E-state index in [2.05, 4.69) is 6.58 Å². The zero-order valence-corrected chi connectivity index (χ0v) is 5.29. The molecule has 1 saturated carbocycles. The van der Waals surface area contributed by atoms with Gasteiger partial charge in [-0.3, -0.25) is 4.79 Å². The number of aldehydes is 1. The number of carbonyl (C=O) groups is 1. The fourth-order valence-corrected chi connectivity index (χ4v) is 0.916. The van der Waals surface area contributed by atoms with Gasteiger partial charge in [-0.2, -0.15) is 0 Å². The lowest BCUT2D eigenvalue weighted by Crippen LogP contribution is -1.70. The Balaban J connectivity index is 2.26. The maximum absolute atomic E-state index is 9.82. The number of hydrogen-bond acceptors (Lipinski definition) is 1. The molecule has 0 unspecified atom stereocenters. The van der Waals surface area contributed by atoms with Crippen LogP contribution in [-0.4, -0.2) is 6.29 Å². The average Bonchev–Trinajstić information content (AvgIpc) is 2.62. The van der Waals surface area contributed by atoms with Crippen molar-refractivity contribution in [2.45, 2.75) is 6.42 Å². The predicted molar refractivity (Wildman–Crippen MR) is 37.0 cm³/mol. The summed E-state index contributed by atoms with van der Waals surface area (Å²) in [6, 6.07) is 0. The minimum Gasteiger partial charge on any atom is -0.299 e.